The molecule has 7 heteroatoms. The van der Waals surface area contributed by atoms with Crippen molar-refractivity contribution in [2.24, 2.45) is 0 Å². The van der Waals surface area contributed by atoms with Gasteiger partial charge in [0.2, 0.25) is 0 Å². The van der Waals surface area contributed by atoms with Gasteiger partial charge in [0, 0.05) is 41.8 Å². The quantitative estimate of drug-likeness (QED) is 0.570. The molecule has 2 heterocycles. The molecule has 0 saturated carbocycles. The molecule has 0 spiro atoms. The summed E-state index contributed by atoms with van der Waals surface area (Å²) >= 11 is 0. The number of ether oxygens (including phenoxy) is 3. The van der Waals surface area contributed by atoms with Crippen LogP contribution in [0.1, 0.15) is 57.0 Å². The van der Waals surface area contributed by atoms with E-state index in [0.29, 0.717) is 0 Å². The van der Waals surface area contributed by atoms with Crippen molar-refractivity contribution in [2.45, 2.75) is 79.7 Å². The zero-order chi connectivity index (χ0) is 25.2. The monoisotopic (exact) mass is 469 g/mol. The van der Waals surface area contributed by atoms with Crippen molar-refractivity contribution in [1.29, 1.82) is 0 Å². The van der Waals surface area contributed by atoms with E-state index in [4.69, 9.17) is 14.2 Å². The van der Waals surface area contributed by atoms with Crippen molar-refractivity contribution >= 4 is 17.5 Å². The second-order valence-electron chi connectivity index (χ2n) is 10.3. The molecule has 1 fully saturated rings. The fourth-order valence-electron chi connectivity index (χ4n) is 4.43. The van der Waals surface area contributed by atoms with Crippen LogP contribution in [0.15, 0.2) is 24.4 Å². The molecule has 0 N–H and O–H groups in total. The van der Waals surface area contributed by atoms with Crippen LogP contribution in [0.25, 0.3) is 0 Å². The Bertz CT molecular complexity index is 1020. The molecule has 1 aromatic carbocycles. The Kier molecular flexibility index (Phi) is 7.76. The first-order valence-electron chi connectivity index (χ1n) is 11.9. The Labute approximate surface area is 204 Å². The molecule has 1 aliphatic rings. The molecule has 1 saturated heterocycles. The van der Waals surface area contributed by atoms with Crippen LogP contribution in [0.2, 0.25) is 0 Å². The summed E-state index contributed by atoms with van der Waals surface area (Å²) in [6.07, 6.45) is 1.66. The van der Waals surface area contributed by atoms with Crippen LogP contribution in [-0.4, -0.2) is 49.1 Å². The third-order valence-corrected chi connectivity index (χ3v) is 5.81. The molecule has 186 valence electrons. The molecule has 34 heavy (non-hydrogen) atoms. The van der Waals surface area contributed by atoms with E-state index in [1.54, 1.807) is 18.2 Å². The van der Waals surface area contributed by atoms with Gasteiger partial charge in [-0.25, -0.2) is 4.79 Å². The van der Waals surface area contributed by atoms with Gasteiger partial charge < -0.3 is 19.1 Å². The lowest BCUT2D eigenvalue weighted by Gasteiger charge is -2.37. The van der Waals surface area contributed by atoms with E-state index in [1.807, 2.05) is 47.6 Å². The Hall–Kier alpha value is -2.80. The highest BCUT2D eigenvalue weighted by atomic mass is 16.6. The Morgan fingerprint density at radius 3 is 2.38 bits per heavy atom. The normalized spacial score (nSPS) is 18.6. The maximum absolute atomic E-state index is 13.4. The van der Waals surface area contributed by atoms with Gasteiger partial charge in [0.15, 0.2) is 0 Å². The summed E-state index contributed by atoms with van der Waals surface area (Å²) < 4.78 is 17.3. The predicted octanol–water partition coefficient (Wildman–Crippen LogP) is 5.57. The molecule has 1 amide bonds. The number of methoxy groups -OCH3 is 1. The molecule has 0 radical (unpaired) electrons. The van der Waals surface area contributed by atoms with Gasteiger partial charge in [0.25, 0.3) is 0 Å². The second-order valence-corrected chi connectivity index (χ2v) is 10.3. The molecule has 2 atom stereocenters. The molecule has 1 aromatic heterocycles. The number of morpholine rings is 1. The first-order chi connectivity index (χ1) is 15.9. The number of hydrogen-bond acceptors (Lipinski definition) is 6. The van der Waals surface area contributed by atoms with Gasteiger partial charge in [-0.2, -0.15) is 0 Å². The van der Waals surface area contributed by atoms with E-state index in [0.717, 1.165) is 52.6 Å². The zero-order valence-corrected chi connectivity index (χ0v) is 22.1. The van der Waals surface area contributed by atoms with Gasteiger partial charge in [-0.1, -0.05) is 0 Å². The van der Waals surface area contributed by atoms with Gasteiger partial charge in [-0.15, -0.1) is 0 Å². The van der Waals surface area contributed by atoms with Crippen LogP contribution in [0, 0.1) is 20.8 Å². The largest absolute Gasteiger partial charge is 0.496 e. The van der Waals surface area contributed by atoms with Crippen LogP contribution >= 0.6 is 0 Å². The molecule has 0 aliphatic carbocycles. The number of hydrogen-bond donors (Lipinski definition) is 0. The molecule has 1 aliphatic heterocycles. The summed E-state index contributed by atoms with van der Waals surface area (Å²) in [6, 6.07) is 6.23. The van der Waals surface area contributed by atoms with Gasteiger partial charge in [0.1, 0.15) is 11.4 Å². The first kappa shape index (κ1) is 25.8. The molecule has 2 unspecified atom stereocenters. The maximum Gasteiger partial charge on any atom is 0.415 e. The van der Waals surface area contributed by atoms with Crippen LogP contribution in [0.4, 0.5) is 16.2 Å². The number of aromatic nitrogens is 1. The number of nitrogens with zero attached hydrogens (tertiary/aromatic N) is 3. The Morgan fingerprint density at radius 1 is 1.15 bits per heavy atom. The third kappa shape index (κ3) is 6.20. The summed E-state index contributed by atoms with van der Waals surface area (Å²) in [5, 5.41) is 0. The Morgan fingerprint density at radius 2 is 1.79 bits per heavy atom. The number of amides is 1. The SMILES string of the molecule is COc1c(C)cnc(CN(C(=O)OC(C)(C)C)c2cc(C)cc(N3CC(C)OC(C)C3)c2)c1C. The average molecular weight is 470 g/mol. The molecular formula is C27H39N3O4. The van der Waals surface area contributed by atoms with E-state index in [-0.39, 0.29) is 18.8 Å². The Balaban J connectivity index is 2.03. The van der Waals surface area contributed by atoms with Gasteiger partial charge >= 0.3 is 6.09 Å². The molecule has 7 nitrogen and oxygen atoms in total. The average Bonchev–Trinajstić information content (AvgIpc) is 2.71. The number of anilines is 2. The number of aryl methyl sites for hydroxylation is 2. The molecule has 2 aromatic rings. The van der Waals surface area contributed by atoms with Gasteiger partial charge in [-0.3, -0.25) is 9.88 Å². The van der Waals surface area contributed by atoms with E-state index < -0.39 is 11.7 Å². The van der Waals surface area contributed by atoms with E-state index >= 15 is 0 Å². The van der Waals surface area contributed by atoms with Crippen molar-refractivity contribution in [3.05, 3.63) is 46.8 Å². The minimum atomic E-state index is -0.621. The number of pyridine rings is 1. The first-order valence-corrected chi connectivity index (χ1v) is 11.9. The number of rotatable bonds is 5. The second kappa shape index (κ2) is 10.2. The van der Waals surface area contributed by atoms with Crippen molar-refractivity contribution in [3.63, 3.8) is 0 Å². The summed E-state index contributed by atoms with van der Waals surface area (Å²) in [6.45, 7) is 17.7. The van der Waals surface area contributed by atoms with Crippen LogP contribution in [-0.2, 0) is 16.0 Å². The zero-order valence-electron chi connectivity index (χ0n) is 22.1. The fraction of sp³-hybridized carbons (Fsp3) is 0.556. The van der Waals surface area contributed by atoms with Crippen molar-refractivity contribution in [1.82, 2.24) is 4.98 Å². The highest BCUT2D eigenvalue weighted by molar-refractivity contribution is 5.89. The summed E-state index contributed by atoms with van der Waals surface area (Å²) in [5.41, 5.74) is 4.93. The highest BCUT2D eigenvalue weighted by Crippen LogP contribution is 2.31. The van der Waals surface area contributed by atoms with Crippen LogP contribution in [0.3, 0.4) is 0 Å². The third-order valence-electron chi connectivity index (χ3n) is 5.81. The van der Waals surface area contributed by atoms with Crippen LogP contribution in [0.5, 0.6) is 5.75 Å². The lowest BCUT2D eigenvalue weighted by atomic mass is 10.1. The lowest BCUT2D eigenvalue weighted by molar-refractivity contribution is -0.00522. The topological polar surface area (TPSA) is 64.1 Å². The highest BCUT2D eigenvalue weighted by Gasteiger charge is 2.27. The van der Waals surface area contributed by atoms with Gasteiger partial charge in [0.05, 0.1) is 31.6 Å². The fourth-order valence-corrected chi connectivity index (χ4v) is 4.43. The van der Waals surface area contributed by atoms with E-state index in [9.17, 15) is 4.79 Å². The number of benzene rings is 1. The van der Waals surface area contributed by atoms with E-state index in [1.165, 1.54) is 0 Å². The minimum absolute atomic E-state index is 0.140. The van der Waals surface area contributed by atoms with Gasteiger partial charge in [-0.05, 0) is 79.2 Å². The lowest BCUT2D eigenvalue weighted by Crippen LogP contribution is -2.45. The molecule has 3 rings (SSSR count). The summed E-state index contributed by atoms with van der Waals surface area (Å²) in [4.78, 5) is 22.0. The van der Waals surface area contributed by atoms with Crippen molar-refractivity contribution in [2.75, 3.05) is 30.0 Å². The number of carbonyl (C=O) groups is 1. The van der Waals surface area contributed by atoms with Crippen molar-refractivity contribution < 1.29 is 19.0 Å². The van der Waals surface area contributed by atoms with E-state index in [2.05, 4.69) is 35.9 Å². The van der Waals surface area contributed by atoms with Crippen molar-refractivity contribution in [3.8, 4) is 5.75 Å². The molecular weight excluding hydrogens is 430 g/mol. The van der Waals surface area contributed by atoms with Crippen LogP contribution < -0.4 is 14.5 Å². The summed E-state index contributed by atoms with van der Waals surface area (Å²) in [7, 11) is 1.65. The maximum atomic E-state index is 13.4. The summed E-state index contributed by atoms with van der Waals surface area (Å²) in [5.74, 6) is 0.787. The number of carbonyl (C=O) groups excluding carboxylic acids is 1. The molecule has 0 bridgehead atoms. The smallest absolute Gasteiger partial charge is 0.415 e. The predicted molar refractivity (Wildman–Crippen MR) is 136 cm³/mol. The minimum Gasteiger partial charge on any atom is -0.496 e. The standard InChI is InChI=1S/C27H39N3O4/c1-17-10-22(29-14-19(3)33-20(4)15-29)12-23(11-17)30(26(31)34-27(6,7)8)16-24-21(5)25(32-9)18(2)13-28-24/h10-13,19-20H,14-16H2,1-9H3.